The number of hydrogen-bond acceptors (Lipinski definition) is 8. The molecule has 3 heterocycles. The van der Waals surface area contributed by atoms with Crippen LogP contribution in [0.5, 0.6) is 5.75 Å². The van der Waals surface area contributed by atoms with Crippen molar-refractivity contribution in [2.24, 2.45) is 0 Å². The van der Waals surface area contributed by atoms with Crippen LogP contribution in [0.4, 0.5) is 11.6 Å². The van der Waals surface area contributed by atoms with E-state index in [0.29, 0.717) is 6.04 Å². The van der Waals surface area contributed by atoms with Gasteiger partial charge in [-0.25, -0.2) is 15.0 Å². The van der Waals surface area contributed by atoms with E-state index in [1.807, 2.05) is 20.0 Å². The fourth-order valence-corrected chi connectivity index (χ4v) is 4.41. The van der Waals surface area contributed by atoms with Crippen LogP contribution in [0.25, 0.3) is 11.0 Å². The molecule has 3 aromatic rings. The molecule has 1 aliphatic carbocycles. The van der Waals surface area contributed by atoms with Crippen LogP contribution >= 0.6 is 0 Å². The van der Waals surface area contributed by atoms with Crippen LogP contribution in [0.3, 0.4) is 0 Å². The van der Waals surface area contributed by atoms with Crippen molar-refractivity contribution in [1.82, 2.24) is 19.9 Å². The van der Waals surface area contributed by atoms with E-state index in [9.17, 15) is 0 Å². The number of ether oxygens (including phenoxy) is 2. The number of rotatable bonds is 5. The molecular formula is C24H30N6O2. The van der Waals surface area contributed by atoms with E-state index >= 15 is 0 Å². The molecule has 1 saturated heterocycles. The molecule has 1 aromatic carbocycles. The van der Waals surface area contributed by atoms with Gasteiger partial charge < -0.3 is 19.7 Å². The SMILES string of the molecule is Cc1cnc(N[C@H]2CC[C@@H](Oc3cc(N4CCOCC4)cc4nccnc34)CC2)nc1C. The number of nitrogens with one attached hydrogen (secondary N) is 1. The van der Waals surface area contributed by atoms with Crippen LogP contribution in [-0.2, 0) is 4.74 Å². The zero-order valence-electron chi connectivity index (χ0n) is 18.8. The summed E-state index contributed by atoms with van der Waals surface area (Å²) in [6, 6.07) is 4.59. The van der Waals surface area contributed by atoms with Gasteiger partial charge in [0, 0.05) is 55.2 Å². The Balaban J connectivity index is 1.27. The Morgan fingerprint density at radius 3 is 2.56 bits per heavy atom. The standard InChI is InChI=1S/C24H30N6O2/c1-16-15-27-24(28-17(16)2)29-18-3-5-20(6-4-18)32-22-14-19(30-9-11-31-12-10-30)13-21-23(22)26-8-7-25-21/h7-8,13-15,18,20H,3-6,9-12H2,1-2H3,(H,27,28,29)/t18-,20+. The molecule has 168 valence electrons. The van der Waals surface area contributed by atoms with Crippen molar-refractivity contribution < 1.29 is 9.47 Å². The zero-order valence-corrected chi connectivity index (χ0v) is 18.8. The minimum atomic E-state index is 0.166. The molecular weight excluding hydrogens is 404 g/mol. The third-order valence-electron chi connectivity index (χ3n) is 6.43. The van der Waals surface area contributed by atoms with Crippen molar-refractivity contribution in [1.29, 1.82) is 0 Å². The fraction of sp³-hybridized carbons (Fsp3) is 0.500. The van der Waals surface area contributed by atoms with Gasteiger partial charge in [0.15, 0.2) is 0 Å². The lowest BCUT2D eigenvalue weighted by molar-refractivity contribution is 0.122. The maximum atomic E-state index is 6.51. The van der Waals surface area contributed by atoms with Crippen LogP contribution in [-0.4, -0.2) is 58.4 Å². The number of aromatic nitrogens is 4. The van der Waals surface area contributed by atoms with Crippen LogP contribution < -0.4 is 15.0 Å². The van der Waals surface area contributed by atoms with E-state index < -0.39 is 0 Å². The molecule has 0 radical (unpaired) electrons. The lowest BCUT2D eigenvalue weighted by Gasteiger charge is -2.31. The number of anilines is 2. The van der Waals surface area contributed by atoms with Crippen LogP contribution in [0.2, 0.25) is 0 Å². The Bertz CT molecular complexity index is 1080. The first-order valence-electron chi connectivity index (χ1n) is 11.5. The number of hydrogen-bond donors (Lipinski definition) is 1. The third-order valence-corrected chi connectivity index (χ3v) is 6.43. The van der Waals surface area contributed by atoms with Crippen molar-refractivity contribution >= 4 is 22.7 Å². The molecule has 0 spiro atoms. The first-order chi connectivity index (χ1) is 15.7. The van der Waals surface area contributed by atoms with Crippen LogP contribution in [0, 0.1) is 13.8 Å². The van der Waals surface area contributed by atoms with Crippen molar-refractivity contribution in [3.63, 3.8) is 0 Å². The van der Waals surface area contributed by atoms with Crippen LogP contribution in [0.15, 0.2) is 30.7 Å². The van der Waals surface area contributed by atoms with Gasteiger partial charge in [0.1, 0.15) is 11.3 Å². The van der Waals surface area contributed by atoms with Gasteiger partial charge in [-0.2, -0.15) is 0 Å². The number of benzene rings is 1. The lowest BCUT2D eigenvalue weighted by atomic mass is 9.93. The summed E-state index contributed by atoms with van der Waals surface area (Å²) in [7, 11) is 0. The first-order valence-corrected chi connectivity index (χ1v) is 11.5. The highest BCUT2D eigenvalue weighted by atomic mass is 16.5. The van der Waals surface area contributed by atoms with Gasteiger partial charge in [-0.1, -0.05) is 0 Å². The molecule has 8 heteroatoms. The van der Waals surface area contributed by atoms with E-state index in [2.05, 4.69) is 42.3 Å². The summed E-state index contributed by atoms with van der Waals surface area (Å²) >= 11 is 0. The Morgan fingerprint density at radius 1 is 1.00 bits per heavy atom. The number of morpholine rings is 1. The van der Waals surface area contributed by atoms with Gasteiger partial charge >= 0.3 is 0 Å². The predicted molar refractivity (Wildman–Crippen MR) is 124 cm³/mol. The molecule has 0 amide bonds. The second-order valence-corrected chi connectivity index (χ2v) is 8.67. The molecule has 0 bridgehead atoms. The quantitative estimate of drug-likeness (QED) is 0.651. The zero-order chi connectivity index (χ0) is 21.9. The van der Waals surface area contributed by atoms with Gasteiger partial charge in [-0.3, -0.25) is 4.98 Å². The van der Waals surface area contributed by atoms with E-state index in [4.69, 9.17) is 9.47 Å². The highest BCUT2D eigenvalue weighted by molar-refractivity contribution is 5.85. The molecule has 1 N–H and O–H groups in total. The highest BCUT2D eigenvalue weighted by Crippen LogP contribution is 2.33. The highest BCUT2D eigenvalue weighted by Gasteiger charge is 2.24. The summed E-state index contributed by atoms with van der Waals surface area (Å²) in [4.78, 5) is 20.4. The van der Waals surface area contributed by atoms with Crippen molar-refractivity contribution in [3.05, 3.63) is 42.0 Å². The maximum absolute atomic E-state index is 6.51. The monoisotopic (exact) mass is 434 g/mol. The minimum absolute atomic E-state index is 0.166. The summed E-state index contributed by atoms with van der Waals surface area (Å²) in [6.07, 6.45) is 9.51. The third kappa shape index (κ3) is 4.60. The average Bonchev–Trinajstić information content (AvgIpc) is 2.83. The van der Waals surface area contributed by atoms with Crippen molar-refractivity contribution in [3.8, 4) is 5.75 Å². The number of aryl methyl sites for hydroxylation is 2. The molecule has 2 aliphatic rings. The molecule has 2 fully saturated rings. The predicted octanol–water partition coefficient (Wildman–Crippen LogP) is 3.68. The van der Waals surface area contributed by atoms with Gasteiger partial charge in [0.25, 0.3) is 0 Å². The number of nitrogens with zero attached hydrogens (tertiary/aromatic N) is 5. The smallest absolute Gasteiger partial charge is 0.223 e. The van der Waals surface area contributed by atoms with E-state index in [1.54, 1.807) is 12.4 Å². The molecule has 1 saturated carbocycles. The Hall–Kier alpha value is -3.00. The van der Waals surface area contributed by atoms with Gasteiger partial charge in [-0.15, -0.1) is 0 Å². The van der Waals surface area contributed by atoms with Crippen molar-refractivity contribution in [2.45, 2.75) is 51.7 Å². The number of fused-ring (bicyclic) bond motifs is 1. The van der Waals surface area contributed by atoms with Crippen molar-refractivity contribution in [2.75, 3.05) is 36.5 Å². The fourth-order valence-electron chi connectivity index (χ4n) is 4.41. The molecule has 2 aromatic heterocycles. The molecule has 32 heavy (non-hydrogen) atoms. The van der Waals surface area contributed by atoms with Gasteiger partial charge in [0.05, 0.1) is 24.8 Å². The first kappa shape index (κ1) is 20.9. The van der Waals surface area contributed by atoms with Gasteiger partial charge in [0.2, 0.25) is 5.95 Å². The molecule has 8 nitrogen and oxygen atoms in total. The summed E-state index contributed by atoms with van der Waals surface area (Å²) in [5.41, 5.74) is 4.95. The largest absolute Gasteiger partial charge is 0.488 e. The second-order valence-electron chi connectivity index (χ2n) is 8.67. The topological polar surface area (TPSA) is 85.3 Å². The Labute approximate surface area is 188 Å². The summed E-state index contributed by atoms with van der Waals surface area (Å²) in [5, 5.41) is 3.50. The summed E-state index contributed by atoms with van der Waals surface area (Å²) in [5.74, 6) is 1.54. The second kappa shape index (κ2) is 9.24. The maximum Gasteiger partial charge on any atom is 0.223 e. The normalized spacial score (nSPS) is 21.5. The molecule has 0 atom stereocenters. The van der Waals surface area contributed by atoms with Crippen LogP contribution in [0.1, 0.15) is 36.9 Å². The molecule has 0 unspecified atom stereocenters. The Kier molecular flexibility index (Phi) is 6.03. The van der Waals surface area contributed by atoms with E-state index in [-0.39, 0.29) is 6.10 Å². The lowest BCUT2D eigenvalue weighted by Crippen LogP contribution is -2.36. The molecule has 5 rings (SSSR count). The summed E-state index contributed by atoms with van der Waals surface area (Å²) in [6.45, 7) is 7.30. The average molecular weight is 435 g/mol. The summed E-state index contributed by atoms with van der Waals surface area (Å²) < 4.78 is 12.0. The Morgan fingerprint density at radius 2 is 1.78 bits per heavy atom. The minimum Gasteiger partial charge on any atom is -0.488 e. The van der Waals surface area contributed by atoms with E-state index in [1.165, 1.54) is 0 Å². The van der Waals surface area contributed by atoms with E-state index in [0.717, 1.165) is 91.7 Å². The van der Waals surface area contributed by atoms with Gasteiger partial charge in [-0.05, 0) is 51.2 Å². The molecule has 1 aliphatic heterocycles.